The standard InChI is InChI=1S/C24H21N3O5/c1-3-32-20-8-4-6-18(14-20)27-23(29)21(22(28)25-24(27)30)15-17-7-5-13-26(17)16-9-11-19(31-2)12-10-16/h4-15H,3H2,1-2H3,(H,25,28,30)/b21-15+. The van der Waals surface area contributed by atoms with E-state index in [-0.39, 0.29) is 5.57 Å². The largest absolute Gasteiger partial charge is 0.497 e. The van der Waals surface area contributed by atoms with Crippen molar-refractivity contribution in [2.24, 2.45) is 0 Å². The van der Waals surface area contributed by atoms with E-state index in [9.17, 15) is 14.4 Å². The summed E-state index contributed by atoms with van der Waals surface area (Å²) in [5.41, 5.74) is 1.58. The van der Waals surface area contributed by atoms with Crippen LogP contribution in [-0.2, 0) is 9.59 Å². The summed E-state index contributed by atoms with van der Waals surface area (Å²) in [6, 6.07) is 16.7. The molecule has 1 N–H and O–H groups in total. The number of carbonyl (C=O) groups excluding carboxylic acids is 3. The Morgan fingerprint density at radius 1 is 0.938 bits per heavy atom. The number of amides is 4. The van der Waals surface area contributed by atoms with Crippen molar-refractivity contribution >= 4 is 29.6 Å². The molecule has 1 aliphatic heterocycles. The number of rotatable bonds is 6. The maximum atomic E-state index is 13.2. The molecule has 1 aromatic heterocycles. The zero-order valence-electron chi connectivity index (χ0n) is 17.6. The highest BCUT2D eigenvalue weighted by molar-refractivity contribution is 6.39. The predicted octanol–water partition coefficient (Wildman–Crippen LogP) is 3.55. The zero-order chi connectivity index (χ0) is 22.7. The van der Waals surface area contributed by atoms with Gasteiger partial charge in [0.25, 0.3) is 11.8 Å². The summed E-state index contributed by atoms with van der Waals surface area (Å²) >= 11 is 0. The number of carbonyl (C=O) groups is 3. The van der Waals surface area contributed by atoms with Crippen LogP contribution in [0.4, 0.5) is 10.5 Å². The van der Waals surface area contributed by atoms with Gasteiger partial charge in [0.15, 0.2) is 0 Å². The Labute approximate surface area is 184 Å². The quantitative estimate of drug-likeness (QED) is 0.476. The van der Waals surface area contributed by atoms with Gasteiger partial charge < -0.3 is 14.0 Å². The lowest BCUT2D eigenvalue weighted by Crippen LogP contribution is -2.54. The molecule has 0 unspecified atom stereocenters. The van der Waals surface area contributed by atoms with Crippen molar-refractivity contribution in [1.29, 1.82) is 0 Å². The maximum absolute atomic E-state index is 13.2. The van der Waals surface area contributed by atoms with Gasteiger partial charge >= 0.3 is 6.03 Å². The van der Waals surface area contributed by atoms with Gasteiger partial charge in [-0.15, -0.1) is 0 Å². The molecule has 162 valence electrons. The summed E-state index contributed by atoms with van der Waals surface area (Å²) in [5, 5.41) is 2.24. The smallest absolute Gasteiger partial charge is 0.335 e. The molecule has 0 spiro atoms. The van der Waals surface area contributed by atoms with E-state index < -0.39 is 17.8 Å². The molecule has 1 aliphatic rings. The normalized spacial score (nSPS) is 15.1. The maximum Gasteiger partial charge on any atom is 0.335 e. The number of barbiturate groups is 1. The van der Waals surface area contributed by atoms with Crippen LogP contribution in [-0.4, -0.2) is 36.1 Å². The molecule has 8 heteroatoms. The minimum absolute atomic E-state index is 0.153. The number of ether oxygens (including phenoxy) is 2. The number of methoxy groups -OCH3 is 1. The average molecular weight is 431 g/mol. The van der Waals surface area contributed by atoms with Crippen molar-refractivity contribution in [3.63, 3.8) is 0 Å². The third-order valence-electron chi connectivity index (χ3n) is 4.91. The molecule has 0 aliphatic carbocycles. The Morgan fingerprint density at radius 3 is 2.44 bits per heavy atom. The molecule has 3 aromatic rings. The number of aromatic nitrogens is 1. The minimum atomic E-state index is -0.809. The van der Waals surface area contributed by atoms with Gasteiger partial charge in [-0.25, -0.2) is 9.69 Å². The molecule has 8 nitrogen and oxygen atoms in total. The van der Waals surface area contributed by atoms with Crippen LogP contribution in [0, 0.1) is 0 Å². The highest BCUT2D eigenvalue weighted by Gasteiger charge is 2.37. The molecule has 4 amide bonds. The van der Waals surface area contributed by atoms with Crippen LogP contribution in [0.15, 0.2) is 72.4 Å². The van der Waals surface area contributed by atoms with E-state index >= 15 is 0 Å². The van der Waals surface area contributed by atoms with Crippen molar-refractivity contribution in [2.45, 2.75) is 6.92 Å². The lowest BCUT2D eigenvalue weighted by Gasteiger charge is -2.26. The van der Waals surface area contributed by atoms with Crippen LogP contribution < -0.4 is 19.7 Å². The SMILES string of the molecule is CCOc1cccc(N2C(=O)NC(=O)/C(=C\c3cccn3-c3ccc(OC)cc3)C2=O)c1. The van der Waals surface area contributed by atoms with Crippen molar-refractivity contribution in [1.82, 2.24) is 9.88 Å². The summed E-state index contributed by atoms with van der Waals surface area (Å²) < 4.78 is 12.5. The molecule has 0 atom stereocenters. The van der Waals surface area contributed by atoms with Crippen LogP contribution in [0.2, 0.25) is 0 Å². The van der Waals surface area contributed by atoms with Crippen LogP contribution in [0.25, 0.3) is 11.8 Å². The van der Waals surface area contributed by atoms with Crippen LogP contribution in [0.5, 0.6) is 11.5 Å². The summed E-state index contributed by atoms with van der Waals surface area (Å²) in [7, 11) is 1.59. The van der Waals surface area contributed by atoms with Gasteiger partial charge in [0.2, 0.25) is 0 Å². The molecule has 1 saturated heterocycles. The van der Waals surface area contributed by atoms with Crippen LogP contribution >= 0.6 is 0 Å². The van der Waals surface area contributed by atoms with Crippen molar-refractivity contribution in [2.75, 3.05) is 18.6 Å². The first kappa shape index (κ1) is 20.9. The van der Waals surface area contributed by atoms with Crippen molar-refractivity contribution in [3.05, 3.63) is 78.1 Å². The van der Waals surface area contributed by atoms with Crippen LogP contribution in [0.3, 0.4) is 0 Å². The van der Waals surface area contributed by atoms with E-state index in [1.54, 1.807) is 43.5 Å². The molecule has 0 bridgehead atoms. The molecule has 32 heavy (non-hydrogen) atoms. The van der Waals surface area contributed by atoms with Crippen molar-refractivity contribution in [3.8, 4) is 17.2 Å². The highest BCUT2D eigenvalue weighted by Crippen LogP contribution is 2.26. The third-order valence-corrected chi connectivity index (χ3v) is 4.91. The highest BCUT2D eigenvalue weighted by atomic mass is 16.5. The summed E-state index contributed by atoms with van der Waals surface area (Å²) in [6.45, 7) is 2.28. The number of nitrogens with zero attached hydrogens (tertiary/aromatic N) is 2. The number of benzene rings is 2. The van der Waals surface area contributed by atoms with Gasteiger partial charge in [-0.1, -0.05) is 6.07 Å². The first-order valence-corrected chi connectivity index (χ1v) is 9.98. The monoisotopic (exact) mass is 431 g/mol. The predicted molar refractivity (Wildman–Crippen MR) is 119 cm³/mol. The topological polar surface area (TPSA) is 89.9 Å². The summed E-state index contributed by atoms with van der Waals surface area (Å²) in [6.07, 6.45) is 3.28. The first-order valence-electron chi connectivity index (χ1n) is 9.98. The van der Waals surface area contributed by atoms with E-state index in [1.807, 2.05) is 42.0 Å². The van der Waals surface area contributed by atoms with E-state index in [1.165, 1.54) is 6.08 Å². The molecular formula is C24H21N3O5. The molecule has 2 heterocycles. The second-order valence-corrected chi connectivity index (χ2v) is 6.89. The Balaban J connectivity index is 1.70. The zero-order valence-corrected chi connectivity index (χ0v) is 17.6. The Hall–Kier alpha value is -4.33. The minimum Gasteiger partial charge on any atom is -0.497 e. The molecule has 4 rings (SSSR count). The Morgan fingerprint density at radius 2 is 1.72 bits per heavy atom. The fourth-order valence-electron chi connectivity index (χ4n) is 3.41. The van der Waals surface area contributed by atoms with E-state index in [4.69, 9.17) is 9.47 Å². The number of hydrogen-bond acceptors (Lipinski definition) is 5. The summed E-state index contributed by atoms with van der Waals surface area (Å²) in [4.78, 5) is 39.1. The average Bonchev–Trinajstić information content (AvgIpc) is 3.25. The number of anilines is 1. The van der Waals surface area contributed by atoms with Gasteiger partial charge in [-0.2, -0.15) is 0 Å². The second-order valence-electron chi connectivity index (χ2n) is 6.89. The van der Waals surface area contributed by atoms with Gasteiger partial charge in [0.05, 0.1) is 19.4 Å². The third kappa shape index (κ3) is 3.98. The first-order chi connectivity index (χ1) is 15.5. The number of imide groups is 2. The van der Waals surface area contributed by atoms with Crippen LogP contribution in [0.1, 0.15) is 12.6 Å². The van der Waals surface area contributed by atoms with Crippen molar-refractivity contribution < 1.29 is 23.9 Å². The molecule has 0 radical (unpaired) electrons. The molecule has 2 aromatic carbocycles. The molecule has 1 fully saturated rings. The fourth-order valence-corrected chi connectivity index (χ4v) is 3.41. The number of urea groups is 1. The van der Waals surface area contributed by atoms with Gasteiger partial charge in [0, 0.05) is 23.6 Å². The van der Waals surface area contributed by atoms with Gasteiger partial charge in [-0.3, -0.25) is 14.9 Å². The van der Waals surface area contributed by atoms with E-state index in [0.29, 0.717) is 29.5 Å². The van der Waals surface area contributed by atoms with Gasteiger partial charge in [-0.05, 0) is 61.5 Å². The second kappa shape index (κ2) is 8.81. The van der Waals surface area contributed by atoms with E-state index in [0.717, 1.165) is 10.6 Å². The van der Waals surface area contributed by atoms with Gasteiger partial charge in [0.1, 0.15) is 17.1 Å². The molecular weight excluding hydrogens is 410 g/mol. The number of hydrogen-bond donors (Lipinski definition) is 1. The lowest BCUT2D eigenvalue weighted by atomic mass is 10.1. The summed E-state index contributed by atoms with van der Waals surface area (Å²) in [5.74, 6) is -0.234. The fraction of sp³-hybridized carbons (Fsp3) is 0.125. The number of nitrogens with one attached hydrogen (secondary N) is 1. The lowest BCUT2D eigenvalue weighted by molar-refractivity contribution is -0.122. The Bertz CT molecular complexity index is 1210. The van der Waals surface area contributed by atoms with E-state index in [2.05, 4.69) is 5.32 Å². The molecule has 0 saturated carbocycles. The Kier molecular flexibility index (Phi) is 5.76.